The zero-order valence-corrected chi connectivity index (χ0v) is 15.0. The van der Waals surface area contributed by atoms with Crippen molar-refractivity contribution in [3.05, 3.63) is 60.7 Å². The Balaban J connectivity index is 1.91. The summed E-state index contributed by atoms with van der Waals surface area (Å²) in [5, 5.41) is 0.407. The third-order valence-corrected chi connectivity index (χ3v) is 4.64. The second kappa shape index (κ2) is 5.71. The lowest BCUT2D eigenvalue weighted by Crippen LogP contribution is -2.29. The molecule has 4 rings (SSSR count). The standard InChI is InChI=1S/C16H9IN2O4S/c17-9-2-3-11-10(6-9)15(21)19(16(24)18-11)14(20)8-1-4-12-13(5-8)23-7-22-12/h1-6H,7H2,(H,18,24). The molecule has 24 heavy (non-hydrogen) atoms. The van der Waals surface area contributed by atoms with Gasteiger partial charge in [-0.3, -0.25) is 9.59 Å². The molecule has 1 aliphatic rings. The molecule has 1 N–H and O–H groups in total. The van der Waals surface area contributed by atoms with Crippen molar-refractivity contribution in [2.75, 3.05) is 6.79 Å². The van der Waals surface area contributed by atoms with Crippen LogP contribution < -0.4 is 15.0 Å². The predicted octanol–water partition coefficient (Wildman–Crippen LogP) is 3.08. The average Bonchev–Trinajstić information content (AvgIpc) is 3.03. The molecule has 0 atom stereocenters. The van der Waals surface area contributed by atoms with E-state index in [1.54, 1.807) is 30.3 Å². The van der Waals surface area contributed by atoms with Crippen molar-refractivity contribution in [3.63, 3.8) is 0 Å². The topological polar surface area (TPSA) is 73.3 Å². The van der Waals surface area contributed by atoms with Gasteiger partial charge in [0, 0.05) is 9.13 Å². The second-order valence-electron chi connectivity index (χ2n) is 5.13. The highest BCUT2D eigenvalue weighted by Gasteiger charge is 2.19. The van der Waals surface area contributed by atoms with E-state index in [0.717, 1.165) is 8.14 Å². The molecule has 2 aromatic carbocycles. The molecule has 0 saturated heterocycles. The number of nitrogens with one attached hydrogen (secondary N) is 1. The summed E-state index contributed by atoms with van der Waals surface area (Å²) >= 11 is 7.31. The van der Waals surface area contributed by atoms with Crippen molar-refractivity contribution in [2.45, 2.75) is 0 Å². The first-order valence-electron chi connectivity index (χ1n) is 6.93. The van der Waals surface area contributed by atoms with Crippen LogP contribution in [-0.4, -0.2) is 22.3 Å². The van der Waals surface area contributed by atoms with Crippen molar-refractivity contribution >= 4 is 51.6 Å². The zero-order valence-electron chi connectivity index (χ0n) is 12.0. The lowest BCUT2D eigenvalue weighted by molar-refractivity contribution is 0.0953. The molecule has 0 saturated carbocycles. The summed E-state index contributed by atoms with van der Waals surface area (Å²) in [5.74, 6) is 0.525. The molecule has 6 nitrogen and oxygen atoms in total. The number of ether oxygens (including phenoxy) is 2. The minimum atomic E-state index is -0.514. The molecule has 120 valence electrons. The van der Waals surface area contributed by atoms with E-state index in [-0.39, 0.29) is 11.6 Å². The number of hydrogen-bond donors (Lipinski definition) is 1. The van der Waals surface area contributed by atoms with Crippen LogP contribution in [0.25, 0.3) is 10.9 Å². The highest BCUT2D eigenvalue weighted by molar-refractivity contribution is 14.1. The lowest BCUT2D eigenvalue weighted by atomic mass is 10.2. The molecule has 0 radical (unpaired) electrons. The number of halogens is 1. The van der Waals surface area contributed by atoms with E-state index in [1.165, 1.54) is 0 Å². The number of carbonyl (C=O) groups is 1. The molecule has 0 aliphatic carbocycles. The number of fused-ring (bicyclic) bond motifs is 2. The van der Waals surface area contributed by atoms with Crippen molar-refractivity contribution in [1.29, 1.82) is 0 Å². The fourth-order valence-electron chi connectivity index (χ4n) is 2.53. The maximum atomic E-state index is 12.8. The van der Waals surface area contributed by atoms with Gasteiger partial charge in [0.2, 0.25) is 6.79 Å². The van der Waals surface area contributed by atoms with Gasteiger partial charge in [0.15, 0.2) is 16.3 Å². The molecule has 8 heteroatoms. The molecule has 1 aromatic heterocycles. The van der Waals surface area contributed by atoms with Crippen molar-refractivity contribution < 1.29 is 14.3 Å². The summed E-state index contributed by atoms with van der Waals surface area (Å²) < 4.78 is 12.4. The summed E-state index contributed by atoms with van der Waals surface area (Å²) in [6, 6.07) is 10.1. The van der Waals surface area contributed by atoms with Crippen LogP contribution in [0.4, 0.5) is 0 Å². The van der Waals surface area contributed by atoms with Gasteiger partial charge in [-0.15, -0.1) is 0 Å². The fourth-order valence-corrected chi connectivity index (χ4v) is 3.30. The maximum absolute atomic E-state index is 12.8. The Hall–Kier alpha value is -2.20. The van der Waals surface area contributed by atoms with Gasteiger partial charge >= 0.3 is 0 Å². The van der Waals surface area contributed by atoms with Crippen molar-refractivity contribution in [2.24, 2.45) is 0 Å². The first-order chi connectivity index (χ1) is 11.5. The quantitative estimate of drug-likeness (QED) is 0.454. The van der Waals surface area contributed by atoms with E-state index in [4.69, 9.17) is 21.7 Å². The highest BCUT2D eigenvalue weighted by Crippen LogP contribution is 2.32. The highest BCUT2D eigenvalue weighted by atomic mass is 127. The number of aromatic amines is 1. The molecule has 0 fully saturated rings. The van der Waals surface area contributed by atoms with Gasteiger partial charge in [-0.1, -0.05) is 0 Å². The van der Waals surface area contributed by atoms with Gasteiger partial charge < -0.3 is 14.5 Å². The summed E-state index contributed by atoms with van der Waals surface area (Å²) in [6.07, 6.45) is 0. The van der Waals surface area contributed by atoms with Gasteiger partial charge in [0.05, 0.1) is 10.9 Å². The van der Waals surface area contributed by atoms with Crippen LogP contribution >= 0.6 is 34.8 Å². The Morgan fingerprint density at radius 3 is 2.79 bits per heavy atom. The van der Waals surface area contributed by atoms with Crippen LogP contribution in [0.5, 0.6) is 11.5 Å². The fraction of sp³-hybridized carbons (Fsp3) is 0.0625. The maximum Gasteiger partial charge on any atom is 0.269 e. The van der Waals surface area contributed by atoms with Crippen LogP contribution in [-0.2, 0) is 0 Å². The molecule has 0 amide bonds. The first-order valence-corrected chi connectivity index (χ1v) is 8.42. The summed E-state index contributed by atoms with van der Waals surface area (Å²) in [6.45, 7) is 0.113. The minimum Gasteiger partial charge on any atom is -0.454 e. The molecule has 3 aromatic rings. The number of hydrogen-bond acceptors (Lipinski definition) is 5. The van der Waals surface area contributed by atoms with Crippen molar-refractivity contribution in [1.82, 2.24) is 9.55 Å². The van der Waals surface area contributed by atoms with Gasteiger partial charge in [-0.25, -0.2) is 4.57 Å². The molecule has 2 heterocycles. The largest absolute Gasteiger partial charge is 0.454 e. The number of H-pyrrole nitrogens is 1. The SMILES string of the molecule is O=C(c1ccc2c(c1)OCO2)n1c(=S)[nH]c2ccc(I)cc2c1=O. The molecule has 0 unspecified atom stereocenters. The molecular weight excluding hydrogens is 443 g/mol. The van der Waals surface area contributed by atoms with E-state index in [2.05, 4.69) is 27.6 Å². The summed E-state index contributed by atoms with van der Waals surface area (Å²) in [4.78, 5) is 28.5. The third kappa shape index (κ3) is 2.42. The summed E-state index contributed by atoms with van der Waals surface area (Å²) in [7, 11) is 0. The Morgan fingerprint density at radius 2 is 1.96 bits per heavy atom. The number of nitrogens with zero attached hydrogens (tertiary/aromatic N) is 1. The Bertz CT molecular complexity index is 1120. The Kier molecular flexibility index (Phi) is 3.65. The summed E-state index contributed by atoms with van der Waals surface area (Å²) in [5.41, 5.74) is 0.445. The van der Waals surface area contributed by atoms with Gasteiger partial charge in [-0.2, -0.15) is 0 Å². The molecule has 1 aliphatic heterocycles. The predicted molar refractivity (Wildman–Crippen MR) is 98.4 cm³/mol. The van der Waals surface area contributed by atoms with E-state index >= 15 is 0 Å². The average molecular weight is 452 g/mol. The normalized spacial score (nSPS) is 12.5. The van der Waals surface area contributed by atoms with E-state index in [9.17, 15) is 9.59 Å². The first kappa shape index (κ1) is 15.3. The van der Waals surface area contributed by atoms with E-state index in [0.29, 0.717) is 28.0 Å². The van der Waals surface area contributed by atoms with Gasteiger partial charge in [-0.05, 0) is 71.2 Å². The Morgan fingerprint density at radius 1 is 1.17 bits per heavy atom. The molecule has 0 spiro atoms. The van der Waals surface area contributed by atoms with Crippen LogP contribution in [0.3, 0.4) is 0 Å². The minimum absolute atomic E-state index is 0.0522. The number of aromatic nitrogens is 2. The van der Waals surface area contributed by atoms with Crippen molar-refractivity contribution in [3.8, 4) is 11.5 Å². The Labute approximate surface area is 154 Å². The van der Waals surface area contributed by atoms with E-state index in [1.807, 2.05) is 6.07 Å². The van der Waals surface area contributed by atoms with Crippen LogP contribution in [0.2, 0.25) is 0 Å². The number of benzene rings is 2. The third-order valence-electron chi connectivity index (χ3n) is 3.68. The number of carbonyl (C=O) groups excluding carboxylic acids is 1. The molecule has 0 bridgehead atoms. The van der Waals surface area contributed by atoms with Gasteiger partial charge in [0.1, 0.15) is 0 Å². The zero-order chi connectivity index (χ0) is 16.8. The van der Waals surface area contributed by atoms with Crippen LogP contribution in [0.1, 0.15) is 10.4 Å². The number of rotatable bonds is 1. The van der Waals surface area contributed by atoms with Gasteiger partial charge in [0.25, 0.3) is 11.5 Å². The molecular formula is C16H9IN2O4S. The van der Waals surface area contributed by atoms with Crippen LogP contribution in [0, 0.1) is 8.34 Å². The lowest BCUT2D eigenvalue weighted by Gasteiger charge is -2.08. The van der Waals surface area contributed by atoms with E-state index < -0.39 is 11.5 Å². The van der Waals surface area contributed by atoms with Crippen LogP contribution in [0.15, 0.2) is 41.2 Å². The monoisotopic (exact) mass is 452 g/mol. The smallest absolute Gasteiger partial charge is 0.269 e. The second-order valence-corrected chi connectivity index (χ2v) is 6.77.